The monoisotopic (exact) mass is 294 g/mol. The summed E-state index contributed by atoms with van der Waals surface area (Å²) in [4.78, 5) is 2.54. The molecule has 0 amide bonds. The van der Waals surface area contributed by atoms with Crippen molar-refractivity contribution in [2.75, 3.05) is 20.2 Å². The molecule has 0 saturated carbocycles. The van der Waals surface area contributed by atoms with Crippen LogP contribution in [0.25, 0.3) is 0 Å². The largest absolute Gasteiger partial charge is 0.493 e. The minimum atomic E-state index is -0.0930. The lowest BCUT2D eigenvalue weighted by molar-refractivity contribution is 0.0953. The van der Waals surface area contributed by atoms with Gasteiger partial charge in [-0.05, 0) is 45.7 Å². The Morgan fingerprint density at radius 3 is 2.57 bits per heavy atom. The number of methoxy groups -OCH3 is 1. The van der Waals surface area contributed by atoms with Crippen LogP contribution in [-0.2, 0) is 6.54 Å². The average Bonchev–Trinajstić information content (AvgIpc) is 3.15. The summed E-state index contributed by atoms with van der Waals surface area (Å²) >= 11 is 0. The van der Waals surface area contributed by atoms with E-state index in [1.165, 1.54) is 12.8 Å². The number of likely N-dealkylation sites (tertiary alicyclic amines) is 1. The lowest BCUT2D eigenvalue weighted by atomic mass is 9.85. The first kappa shape index (κ1) is 16.3. The summed E-state index contributed by atoms with van der Waals surface area (Å²) in [7, 11) is 1.70. The first-order valence-electron chi connectivity index (χ1n) is 8.18. The van der Waals surface area contributed by atoms with E-state index in [-0.39, 0.29) is 11.6 Å². The van der Waals surface area contributed by atoms with E-state index in [2.05, 4.69) is 30.8 Å². The topological polar surface area (TPSA) is 56.3 Å². The van der Waals surface area contributed by atoms with Crippen molar-refractivity contribution in [2.45, 2.75) is 64.6 Å². The number of hydrogen-bond donors (Lipinski definition) is 1. The van der Waals surface area contributed by atoms with Crippen molar-refractivity contribution in [2.24, 2.45) is 5.73 Å². The summed E-state index contributed by atoms with van der Waals surface area (Å²) in [5, 5.41) is 4.47. The Morgan fingerprint density at radius 2 is 2.05 bits per heavy atom. The summed E-state index contributed by atoms with van der Waals surface area (Å²) in [5.74, 6) is 0.815. The maximum Gasteiger partial charge on any atom is 0.161 e. The predicted molar refractivity (Wildman–Crippen MR) is 85.5 cm³/mol. The van der Waals surface area contributed by atoms with Crippen LogP contribution in [0.2, 0.25) is 0 Å². The molecule has 2 N–H and O–H groups in total. The molecule has 21 heavy (non-hydrogen) atoms. The van der Waals surface area contributed by atoms with Crippen LogP contribution in [0.1, 0.15) is 58.2 Å². The number of nitrogens with zero attached hydrogens (tertiary/aromatic N) is 3. The third kappa shape index (κ3) is 2.94. The fourth-order valence-corrected chi connectivity index (χ4v) is 3.40. The summed E-state index contributed by atoms with van der Waals surface area (Å²) in [6.07, 6.45) is 6.40. The number of rotatable bonds is 7. The Morgan fingerprint density at radius 1 is 1.38 bits per heavy atom. The predicted octanol–water partition coefficient (Wildman–Crippen LogP) is 2.57. The van der Waals surface area contributed by atoms with E-state index in [1.54, 1.807) is 13.3 Å². The summed E-state index contributed by atoms with van der Waals surface area (Å²) < 4.78 is 7.54. The van der Waals surface area contributed by atoms with E-state index in [4.69, 9.17) is 10.5 Å². The van der Waals surface area contributed by atoms with Crippen LogP contribution in [0.15, 0.2) is 6.20 Å². The molecule has 2 rings (SSSR count). The molecule has 2 atom stereocenters. The summed E-state index contributed by atoms with van der Waals surface area (Å²) in [6, 6.07) is -0.0930. The molecule has 1 aromatic heterocycles. The number of hydrogen-bond acceptors (Lipinski definition) is 4. The minimum Gasteiger partial charge on any atom is -0.493 e. The van der Waals surface area contributed by atoms with E-state index in [0.29, 0.717) is 0 Å². The van der Waals surface area contributed by atoms with Crippen LogP contribution in [-0.4, -0.2) is 40.4 Å². The molecule has 1 aliphatic rings. The Kier molecular flexibility index (Phi) is 5.27. The molecule has 2 unspecified atom stereocenters. The Bertz CT molecular complexity index is 453. The quantitative estimate of drug-likeness (QED) is 0.839. The van der Waals surface area contributed by atoms with Crippen LogP contribution < -0.4 is 10.5 Å². The molecule has 0 radical (unpaired) electrons. The van der Waals surface area contributed by atoms with E-state index < -0.39 is 0 Å². The first-order chi connectivity index (χ1) is 10.1. The second kappa shape index (κ2) is 6.79. The molecule has 1 saturated heterocycles. The second-order valence-electron chi connectivity index (χ2n) is 6.20. The molecule has 5 heteroatoms. The lowest BCUT2D eigenvalue weighted by Crippen LogP contribution is -2.52. The van der Waals surface area contributed by atoms with Gasteiger partial charge in [-0.3, -0.25) is 9.58 Å². The standard InChI is InChI=1S/C16H30N4O/c1-5-9-20-14(13(21-4)12-18-20)15(17)16(3,6-2)19-10-7-8-11-19/h12,15H,5-11,17H2,1-4H3. The van der Waals surface area contributed by atoms with Gasteiger partial charge in [0.25, 0.3) is 0 Å². The highest BCUT2D eigenvalue weighted by Gasteiger charge is 2.41. The molecule has 5 nitrogen and oxygen atoms in total. The van der Waals surface area contributed by atoms with E-state index in [0.717, 1.165) is 43.9 Å². The molecule has 1 aliphatic heterocycles. The maximum atomic E-state index is 6.73. The van der Waals surface area contributed by atoms with Crippen molar-refractivity contribution >= 4 is 0 Å². The molecule has 120 valence electrons. The summed E-state index contributed by atoms with van der Waals surface area (Å²) in [6.45, 7) is 9.83. The Labute approximate surface area is 128 Å². The number of aryl methyl sites for hydroxylation is 1. The summed E-state index contributed by atoms with van der Waals surface area (Å²) in [5.41, 5.74) is 7.72. The van der Waals surface area contributed by atoms with Gasteiger partial charge in [-0.25, -0.2) is 0 Å². The van der Waals surface area contributed by atoms with Crippen molar-refractivity contribution < 1.29 is 4.74 Å². The highest BCUT2D eigenvalue weighted by atomic mass is 16.5. The first-order valence-corrected chi connectivity index (χ1v) is 8.18. The average molecular weight is 294 g/mol. The van der Waals surface area contributed by atoms with Gasteiger partial charge in [0.2, 0.25) is 0 Å². The van der Waals surface area contributed by atoms with Gasteiger partial charge in [0.15, 0.2) is 5.75 Å². The van der Waals surface area contributed by atoms with Crippen molar-refractivity contribution in [3.05, 3.63) is 11.9 Å². The van der Waals surface area contributed by atoms with Crippen LogP contribution in [0.3, 0.4) is 0 Å². The van der Waals surface area contributed by atoms with Gasteiger partial charge in [0.1, 0.15) is 0 Å². The number of ether oxygens (including phenoxy) is 1. The molecular formula is C16H30N4O. The molecule has 1 aromatic rings. The van der Waals surface area contributed by atoms with E-state index in [1.807, 2.05) is 4.68 Å². The molecule has 1 fully saturated rings. The smallest absolute Gasteiger partial charge is 0.161 e. The second-order valence-corrected chi connectivity index (χ2v) is 6.20. The van der Waals surface area contributed by atoms with E-state index in [9.17, 15) is 0 Å². The zero-order valence-corrected chi connectivity index (χ0v) is 13.9. The number of aromatic nitrogens is 2. The van der Waals surface area contributed by atoms with Crippen molar-refractivity contribution in [1.82, 2.24) is 14.7 Å². The molecular weight excluding hydrogens is 264 g/mol. The van der Waals surface area contributed by atoms with Gasteiger partial charge < -0.3 is 10.5 Å². The highest BCUT2D eigenvalue weighted by molar-refractivity contribution is 5.31. The fourth-order valence-electron chi connectivity index (χ4n) is 3.40. The molecule has 2 heterocycles. The fraction of sp³-hybridized carbons (Fsp3) is 0.812. The van der Waals surface area contributed by atoms with Gasteiger partial charge >= 0.3 is 0 Å². The van der Waals surface area contributed by atoms with Crippen LogP contribution >= 0.6 is 0 Å². The molecule has 0 bridgehead atoms. The highest BCUT2D eigenvalue weighted by Crippen LogP contribution is 2.38. The lowest BCUT2D eigenvalue weighted by Gasteiger charge is -2.43. The van der Waals surface area contributed by atoms with Crippen molar-refractivity contribution in [3.63, 3.8) is 0 Å². The molecule has 0 spiro atoms. The van der Waals surface area contributed by atoms with Crippen LogP contribution in [0.4, 0.5) is 0 Å². The van der Waals surface area contributed by atoms with Gasteiger partial charge in [-0.15, -0.1) is 0 Å². The molecule has 0 aliphatic carbocycles. The zero-order chi connectivity index (χ0) is 15.5. The van der Waals surface area contributed by atoms with Crippen LogP contribution in [0, 0.1) is 0 Å². The third-order valence-electron chi connectivity index (χ3n) is 5.01. The Hall–Kier alpha value is -1.07. The van der Waals surface area contributed by atoms with Gasteiger partial charge in [-0.2, -0.15) is 5.10 Å². The zero-order valence-electron chi connectivity index (χ0n) is 13.9. The van der Waals surface area contributed by atoms with Gasteiger partial charge in [-0.1, -0.05) is 13.8 Å². The minimum absolute atomic E-state index is 0.0463. The SMILES string of the molecule is CCCn1ncc(OC)c1C(N)C(C)(CC)N1CCCC1. The Balaban J connectivity index is 2.36. The van der Waals surface area contributed by atoms with Crippen molar-refractivity contribution in [1.29, 1.82) is 0 Å². The normalized spacial score (nSPS) is 20.4. The van der Waals surface area contributed by atoms with Gasteiger partial charge in [0, 0.05) is 12.1 Å². The number of nitrogens with two attached hydrogens (primary N) is 1. The third-order valence-corrected chi connectivity index (χ3v) is 5.01. The molecule has 0 aromatic carbocycles. The van der Waals surface area contributed by atoms with Crippen molar-refractivity contribution in [3.8, 4) is 5.75 Å². The van der Waals surface area contributed by atoms with Gasteiger partial charge in [0.05, 0.1) is 25.0 Å². The maximum absolute atomic E-state index is 6.73. The van der Waals surface area contributed by atoms with Crippen LogP contribution in [0.5, 0.6) is 5.75 Å². The van der Waals surface area contributed by atoms with E-state index >= 15 is 0 Å².